The Morgan fingerprint density at radius 2 is 1.91 bits per heavy atom. The largest absolute Gasteiger partial charge is 0.497 e. The third-order valence-corrected chi connectivity index (χ3v) is 5.46. The molecule has 2 N–H and O–H groups in total. The molecule has 1 aliphatic heterocycles. The molecule has 9 heteroatoms. The van der Waals surface area contributed by atoms with Gasteiger partial charge in [-0.2, -0.15) is 0 Å². The molecule has 2 aromatic rings. The third kappa shape index (κ3) is 5.94. The van der Waals surface area contributed by atoms with E-state index in [0.29, 0.717) is 29.6 Å². The summed E-state index contributed by atoms with van der Waals surface area (Å²) in [5.74, 6) is 3.05. The number of hydrogen-bond acceptors (Lipinski definition) is 7. The van der Waals surface area contributed by atoms with Crippen LogP contribution >= 0.6 is 0 Å². The molecule has 0 aliphatic carbocycles. The smallest absolute Gasteiger partial charge is 0.341 e. The summed E-state index contributed by atoms with van der Waals surface area (Å²) >= 11 is 0. The van der Waals surface area contributed by atoms with E-state index in [1.165, 1.54) is 7.11 Å². The van der Waals surface area contributed by atoms with Crippen molar-refractivity contribution in [2.45, 2.75) is 32.5 Å². The van der Waals surface area contributed by atoms with Gasteiger partial charge in [-0.1, -0.05) is 0 Å². The predicted octanol–water partition coefficient (Wildman–Crippen LogP) is 2.33. The monoisotopic (exact) mass is 444 g/mol. The van der Waals surface area contributed by atoms with Gasteiger partial charge >= 0.3 is 5.97 Å². The Morgan fingerprint density at radius 3 is 2.53 bits per heavy atom. The summed E-state index contributed by atoms with van der Waals surface area (Å²) in [7, 11) is 6.41. The molecular weight excluding hydrogens is 412 g/mol. The molecule has 0 amide bonds. The number of nitrogens with one attached hydrogen (secondary N) is 2. The molecule has 1 aliphatic rings. The third-order valence-electron chi connectivity index (χ3n) is 5.46. The number of furan rings is 1. The van der Waals surface area contributed by atoms with E-state index >= 15 is 0 Å². The summed E-state index contributed by atoms with van der Waals surface area (Å²) in [5, 5.41) is 6.71. The summed E-state index contributed by atoms with van der Waals surface area (Å²) in [6, 6.07) is 7.93. The lowest BCUT2D eigenvalue weighted by atomic mass is 10.2. The van der Waals surface area contributed by atoms with Gasteiger partial charge in [-0.05, 0) is 37.1 Å². The molecule has 1 aromatic heterocycles. The highest BCUT2D eigenvalue weighted by molar-refractivity contribution is 5.90. The van der Waals surface area contributed by atoms with Crippen molar-refractivity contribution in [1.29, 1.82) is 0 Å². The standard InChI is InChI=1S/C23H32N4O5/c1-15-21(22(28)31-5)11-20(32-15)12-25-23(24-2)26-17-6-7-27(14-17)13-16-8-18(29-3)10-19(9-16)30-4/h8-11,17H,6-7,12-14H2,1-5H3,(H2,24,25,26). The van der Waals surface area contributed by atoms with E-state index in [4.69, 9.17) is 18.6 Å². The number of hydrogen-bond donors (Lipinski definition) is 2. The lowest BCUT2D eigenvalue weighted by Gasteiger charge is -2.19. The Kier molecular flexibility index (Phi) is 7.99. The van der Waals surface area contributed by atoms with Gasteiger partial charge in [-0.3, -0.25) is 9.89 Å². The SMILES string of the molecule is CN=C(NCc1cc(C(=O)OC)c(C)o1)NC1CCN(Cc2cc(OC)cc(OC)c2)C1. The Hall–Kier alpha value is -3.20. The van der Waals surface area contributed by atoms with Crippen LogP contribution < -0.4 is 20.1 Å². The number of ether oxygens (including phenoxy) is 3. The van der Waals surface area contributed by atoms with Crippen LogP contribution in [0.25, 0.3) is 0 Å². The molecule has 1 unspecified atom stereocenters. The molecule has 32 heavy (non-hydrogen) atoms. The number of methoxy groups -OCH3 is 3. The molecular formula is C23H32N4O5. The van der Waals surface area contributed by atoms with Crippen LogP contribution in [0.2, 0.25) is 0 Å². The van der Waals surface area contributed by atoms with E-state index in [1.807, 2.05) is 18.2 Å². The van der Waals surface area contributed by atoms with Crippen molar-refractivity contribution in [1.82, 2.24) is 15.5 Å². The van der Waals surface area contributed by atoms with Gasteiger partial charge in [0, 0.05) is 38.8 Å². The number of esters is 1. The number of carbonyl (C=O) groups is 1. The first-order valence-electron chi connectivity index (χ1n) is 10.5. The van der Waals surface area contributed by atoms with E-state index in [0.717, 1.165) is 43.1 Å². The minimum absolute atomic E-state index is 0.276. The Bertz CT molecular complexity index is 934. The highest BCUT2D eigenvalue weighted by atomic mass is 16.5. The average molecular weight is 445 g/mol. The Morgan fingerprint density at radius 1 is 1.19 bits per heavy atom. The number of nitrogens with zero attached hydrogens (tertiary/aromatic N) is 2. The molecule has 1 atom stereocenters. The van der Waals surface area contributed by atoms with E-state index in [9.17, 15) is 4.79 Å². The number of carbonyl (C=O) groups excluding carboxylic acids is 1. The van der Waals surface area contributed by atoms with Crippen LogP contribution in [-0.4, -0.2) is 64.3 Å². The van der Waals surface area contributed by atoms with Crippen LogP contribution in [-0.2, 0) is 17.8 Å². The summed E-state index contributed by atoms with van der Waals surface area (Å²) in [6.07, 6.45) is 1.01. The molecule has 1 aromatic carbocycles. The maximum atomic E-state index is 11.7. The molecule has 3 rings (SSSR count). The number of aryl methyl sites for hydroxylation is 1. The number of guanidine groups is 1. The van der Waals surface area contributed by atoms with Gasteiger partial charge < -0.3 is 29.3 Å². The molecule has 9 nitrogen and oxygen atoms in total. The highest BCUT2D eigenvalue weighted by Gasteiger charge is 2.24. The van der Waals surface area contributed by atoms with Crippen molar-refractivity contribution >= 4 is 11.9 Å². The van der Waals surface area contributed by atoms with Gasteiger partial charge in [-0.25, -0.2) is 4.79 Å². The summed E-state index contributed by atoms with van der Waals surface area (Å²) < 4.78 is 21.2. The van der Waals surface area contributed by atoms with Crippen molar-refractivity contribution < 1.29 is 23.4 Å². The number of likely N-dealkylation sites (tertiary alicyclic amines) is 1. The van der Waals surface area contributed by atoms with E-state index in [1.54, 1.807) is 34.3 Å². The fourth-order valence-electron chi connectivity index (χ4n) is 3.81. The van der Waals surface area contributed by atoms with E-state index < -0.39 is 5.97 Å². The Labute approximate surface area is 188 Å². The summed E-state index contributed by atoms with van der Waals surface area (Å²) in [4.78, 5) is 18.4. The minimum atomic E-state index is -0.403. The van der Waals surface area contributed by atoms with Gasteiger partial charge in [-0.15, -0.1) is 0 Å². The van der Waals surface area contributed by atoms with Crippen LogP contribution in [0.4, 0.5) is 0 Å². The van der Waals surface area contributed by atoms with Crippen molar-refractivity contribution in [3.8, 4) is 11.5 Å². The topological polar surface area (TPSA) is 97.6 Å². The second-order valence-electron chi connectivity index (χ2n) is 7.69. The summed E-state index contributed by atoms with van der Waals surface area (Å²) in [5.41, 5.74) is 1.59. The van der Waals surface area contributed by atoms with Crippen molar-refractivity contribution in [3.63, 3.8) is 0 Å². The molecule has 0 radical (unpaired) electrons. The first-order chi connectivity index (χ1) is 15.4. The fraction of sp³-hybridized carbons (Fsp3) is 0.478. The van der Waals surface area contributed by atoms with Crippen LogP contribution in [0, 0.1) is 6.92 Å². The highest BCUT2D eigenvalue weighted by Crippen LogP contribution is 2.24. The molecule has 174 valence electrons. The van der Waals surface area contributed by atoms with Gasteiger partial charge in [0.1, 0.15) is 28.6 Å². The second kappa shape index (κ2) is 10.9. The molecule has 1 saturated heterocycles. The zero-order chi connectivity index (χ0) is 23.1. The first-order valence-corrected chi connectivity index (χ1v) is 10.5. The fourth-order valence-corrected chi connectivity index (χ4v) is 3.81. The van der Waals surface area contributed by atoms with Gasteiger partial charge in [0.25, 0.3) is 0 Å². The quantitative estimate of drug-likeness (QED) is 0.364. The minimum Gasteiger partial charge on any atom is -0.497 e. The molecule has 0 spiro atoms. The molecule has 2 heterocycles. The molecule has 0 saturated carbocycles. The average Bonchev–Trinajstić information content (AvgIpc) is 3.41. The lowest BCUT2D eigenvalue weighted by Crippen LogP contribution is -2.44. The number of benzene rings is 1. The van der Waals surface area contributed by atoms with Crippen LogP contribution in [0.5, 0.6) is 11.5 Å². The number of rotatable bonds is 8. The van der Waals surface area contributed by atoms with Gasteiger partial charge in [0.05, 0.1) is 27.9 Å². The maximum absolute atomic E-state index is 11.7. The molecule has 0 bridgehead atoms. The van der Waals surface area contributed by atoms with Crippen molar-refractivity contribution in [2.75, 3.05) is 41.5 Å². The zero-order valence-electron chi connectivity index (χ0n) is 19.4. The zero-order valence-corrected chi connectivity index (χ0v) is 19.4. The van der Waals surface area contributed by atoms with Crippen LogP contribution in [0.1, 0.15) is 33.9 Å². The Balaban J connectivity index is 1.51. The van der Waals surface area contributed by atoms with Gasteiger partial charge in [0.15, 0.2) is 5.96 Å². The van der Waals surface area contributed by atoms with Crippen molar-refractivity contribution in [2.24, 2.45) is 4.99 Å². The van der Waals surface area contributed by atoms with E-state index in [-0.39, 0.29) is 6.04 Å². The predicted molar refractivity (Wildman–Crippen MR) is 121 cm³/mol. The van der Waals surface area contributed by atoms with E-state index in [2.05, 4.69) is 20.5 Å². The molecule has 1 fully saturated rings. The summed E-state index contributed by atoms with van der Waals surface area (Å²) in [6.45, 7) is 4.85. The first kappa shape index (κ1) is 23.5. The van der Waals surface area contributed by atoms with Crippen LogP contribution in [0.3, 0.4) is 0 Å². The second-order valence-corrected chi connectivity index (χ2v) is 7.69. The number of aliphatic imine (C=N–C) groups is 1. The maximum Gasteiger partial charge on any atom is 0.341 e. The lowest BCUT2D eigenvalue weighted by molar-refractivity contribution is 0.0599. The van der Waals surface area contributed by atoms with Crippen molar-refractivity contribution in [3.05, 3.63) is 46.9 Å². The normalized spacial score (nSPS) is 16.7. The van der Waals surface area contributed by atoms with Crippen LogP contribution in [0.15, 0.2) is 33.7 Å². The van der Waals surface area contributed by atoms with Gasteiger partial charge in [0.2, 0.25) is 0 Å².